The molecule has 9 unspecified atom stereocenters. The SMILES string of the molecule is C=C(C)C1C(=O)c2c3c(cc4c5c(n1c24)C1(C)C(CCC2C(C)(/C=C/C=C(\C)C(=O)NCCCN)C(O)CCC21C)C5)C1=CC(C)(C)OC(C)(C)C1C3O. The first-order chi connectivity index (χ1) is 25.2. The maximum absolute atomic E-state index is 14.9. The third-order valence-corrected chi connectivity index (χ3v) is 15.4. The molecular weight excluding hydrogens is 675 g/mol. The largest absolute Gasteiger partial charge is 0.392 e. The van der Waals surface area contributed by atoms with Gasteiger partial charge in [-0.25, -0.2) is 0 Å². The quantitative estimate of drug-likeness (QED) is 0.101. The van der Waals surface area contributed by atoms with Crippen LogP contribution in [0.1, 0.15) is 139 Å². The molecule has 0 spiro atoms. The van der Waals surface area contributed by atoms with Gasteiger partial charge >= 0.3 is 0 Å². The molecule has 0 bridgehead atoms. The first-order valence-corrected chi connectivity index (χ1v) is 20.3. The van der Waals surface area contributed by atoms with E-state index in [0.29, 0.717) is 36.6 Å². The number of allylic oxidation sites excluding steroid dienone is 3. The van der Waals surface area contributed by atoms with E-state index in [-0.39, 0.29) is 34.4 Å². The van der Waals surface area contributed by atoms with Crippen molar-refractivity contribution in [2.24, 2.45) is 34.3 Å². The molecule has 2 aromatic rings. The van der Waals surface area contributed by atoms with Gasteiger partial charge in [-0.2, -0.15) is 0 Å². The Kier molecular flexibility index (Phi) is 8.43. The van der Waals surface area contributed by atoms with E-state index in [1.54, 1.807) is 0 Å². The number of benzene rings is 1. The number of fused-ring (bicyclic) bond motifs is 11. The maximum Gasteiger partial charge on any atom is 0.246 e. The lowest BCUT2D eigenvalue weighted by Crippen LogP contribution is -2.62. The Morgan fingerprint density at radius 2 is 1.83 bits per heavy atom. The molecule has 0 saturated heterocycles. The predicted octanol–water partition coefficient (Wildman–Crippen LogP) is 7.56. The molecule has 54 heavy (non-hydrogen) atoms. The van der Waals surface area contributed by atoms with Gasteiger partial charge in [0.05, 0.1) is 34.5 Å². The van der Waals surface area contributed by atoms with E-state index in [2.05, 4.69) is 83.1 Å². The van der Waals surface area contributed by atoms with Crippen LogP contribution in [-0.2, 0) is 21.4 Å². The van der Waals surface area contributed by atoms with Crippen LogP contribution in [0.3, 0.4) is 0 Å². The molecule has 290 valence electrons. The fraction of sp³-hybridized carbons (Fsp3) is 0.609. The number of hydrogen-bond acceptors (Lipinski definition) is 6. The summed E-state index contributed by atoms with van der Waals surface area (Å²) in [4.78, 5) is 27.6. The minimum atomic E-state index is -0.857. The molecular formula is C46H61N3O5. The molecule has 5 N–H and O–H groups in total. The molecule has 8 rings (SSSR count). The number of carbonyl (C=O) groups is 2. The molecule has 1 aromatic carbocycles. The van der Waals surface area contributed by atoms with Crippen molar-refractivity contribution < 1.29 is 24.5 Å². The number of aromatic nitrogens is 1. The number of Topliss-reactive ketones (excluding diaryl/α,β-unsaturated/α-hetero) is 1. The van der Waals surface area contributed by atoms with Crippen molar-refractivity contribution in [3.05, 3.63) is 76.0 Å². The van der Waals surface area contributed by atoms with E-state index in [9.17, 15) is 19.8 Å². The summed E-state index contributed by atoms with van der Waals surface area (Å²) in [6, 6.07) is 1.77. The number of nitrogens with zero attached hydrogens (tertiary/aromatic N) is 1. The number of nitrogens with one attached hydrogen (secondary N) is 1. The highest BCUT2D eigenvalue weighted by Gasteiger charge is 2.67. The summed E-state index contributed by atoms with van der Waals surface area (Å²) in [7, 11) is 0. The third kappa shape index (κ3) is 4.81. The number of rotatable bonds is 7. The molecule has 2 fully saturated rings. The summed E-state index contributed by atoms with van der Waals surface area (Å²) < 4.78 is 8.90. The highest BCUT2D eigenvalue weighted by Crippen LogP contribution is 2.71. The Bertz CT molecular complexity index is 2100. The van der Waals surface area contributed by atoms with Crippen LogP contribution in [0.5, 0.6) is 0 Å². The Labute approximate surface area is 321 Å². The number of nitrogens with two attached hydrogens (primary N) is 1. The van der Waals surface area contributed by atoms with E-state index in [4.69, 9.17) is 10.5 Å². The zero-order valence-corrected chi connectivity index (χ0v) is 33.9. The first kappa shape index (κ1) is 37.6. The summed E-state index contributed by atoms with van der Waals surface area (Å²) in [5.74, 6) is 0.206. The van der Waals surface area contributed by atoms with E-state index in [1.165, 1.54) is 11.3 Å². The lowest BCUT2D eigenvalue weighted by atomic mass is 9.40. The molecule has 6 aliphatic rings. The molecule has 0 radical (unpaired) electrons. The minimum absolute atomic E-state index is 0.0315. The highest BCUT2D eigenvalue weighted by molar-refractivity contribution is 6.18. The van der Waals surface area contributed by atoms with Gasteiger partial charge in [0.2, 0.25) is 5.91 Å². The lowest BCUT2D eigenvalue weighted by Gasteiger charge is -2.64. The topological polar surface area (TPSA) is 127 Å². The van der Waals surface area contributed by atoms with Gasteiger partial charge in [-0.15, -0.1) is 0 Å². The van der Waals surface area contributed by atoms with Crippen LogP contribution in [0.25, 0.3) is 16.5 Å². The summed E-state index contributed by atoms with van der Waals surface area (Å²) >= 11 is 0. The number of ketones is 1. The van der Waals surface area contributed by atoms with Crippen molar-refractivity contribution in [3.63, 3.8) is 0 Å². The Morgan fingerprint density at radius 3 is 2.52 bits per heavy atom. The number of hydrogen-bond donors (Lipinski definition) is 4. The van der Waals surface area contributed by atoms with Crippen molar-refractivity contribution in [1.82, 2.24) is 9.88 Å². The third-order valence-electron chi connectivity index (χ3n) is 15.4. The standard InChI is InChI=1S/C46H61N3O5/c1-24(2)36-39(52)34-33-27(30-23-42(4,5)54-43(6,7)35(30)38(33)51)22-28-29-21-26-14-15-31-44(8,17-11-13-25(3)41(53)48-20-12-19-47)32(50)16-18-45(31,9)46(26,10)40(29)49(36)37(28)34/h11,13,17,22-23,26,31-32,35-36,38,50-51H,1,12,14-16,18-21,47H2,2-10H3,(H,48,53)/b17-11+,25-13+. The van der Waals surface area contributed by atoms with Gasteiger partial charge in [0.25, 0.3) is 0 Å². The summed E-state index contributed by atoms with van der Waals surface area (Å²) in [5, 5.41) is 28.1. The van der Waals surface area contributed by atoms with E-state index >= 15 is 0 Å². The molecule has 8 nitrogen and oxygen atoms in total. The van der Waals surface area contributed by atoms with Gasteiger partial charge in [0.15, 0.2) is 5.78 Å². The highest BCUT2D eigenvalue weighted by atomic mass is 16.5. The molecule has 1 amide bonds. The van der Waals surface area contributed by atoms with Crippen LogP contribution in [-0.4, -0.2) is 56.9 Å². The summed E-state index contributed by atoms with van der Waals surface area (Å²) in [6.45, 7) is 24.7. The van der Waals surface area contributed by atoms with Crippen molar-refractivity contribution in [2.75, 3.05) is 13.1 Å². The second-order valence-corrected chi connectivity index (χ2v) is 19.4. The van der Waals surface area contributed by atoms with Crippen LogP contribution in [0.15, 0.2) is 48.1 Å². The first-order valence-electron chi connectivity index (χ1n) is 20.3. The van der Waals surface area contributed by atoms with Gasteiger partial charge < -0.3 is 30.6 Å². The fourth-order valence-corrected chi connectivity index (χ4v) is 13.0. The van der Waals surface area contributed by atoms with Crippen LogP contribution in [0, 0.1) is 28.6 Å². The number of carbonyl (C=O) groups excluding carboxylic acids is 2. The monoisotopic (exact) mass is 735 g/mol. The molecule has 1 aromatic heterocycles. The van der Waals surface area contributed by atoms with E-state index in [1.807, 2.05) is 26.0 Å². The average Bonchev–Trinajstić information content (AvgIpc) is 3.75. The van der Waals surface area contributed by atoms with Gasteiger partial charge in [-0.3, -0.25) is 9.59 Å². The zero-order valence-electron chi connectivity index (χ0n) is 33.9. The van der Waals surface area contributed by atoms with Crippen molar-refractivity contribution >= 4 is 28.2 Å². The fourth-order valence-electron chi connectivity index (χ4n) is 13.0. The molecule has 9 atom stereocenters. The molecule has 2 aliphatic heterocycles. The smallest absolute Gasteiger partial charge is 0.246 e. The molecule has 4 aliphatic carbocycles. The van der Waals surface area contributed by atoms with Crippen molar-refractivity contribution in [3.8, 4) is 0 Å². The molecule has 2 saturated carbocycles. The number of aliphatic hydroxyl groups excluding tert-OH is 2. The molecule has 8 heteroatoms. The van der Waals surface area contributed by atoms with Gasteiger partial charge in [0.1, 0.15) is 6.04 Å². The minimum Gasteiger partial charge on any atom is -0.392 e. The van der Waals surface area contributed by atoms with Crippen LogP contribution in [0.4, 0.5) is 0 Å². The van der Waals surface area contributed by atoms with Crippen LogP contribution < -0.4 is 11.1 Å². The van der Waals surface area contributed by atoms with Gasteiger partial charge in [-0.1, -0.05) is 51.2 Å². The zero-order chi connectivity index (χ0) is 39.1. The van der Waals surface area contributed by atoms with Crippen LogP contribution in [0.2, 0.25) is 0 Å². The normalized spacial score (nSPS) is 37.1. The van der Waals surface area contributed by atoms with Crippen molar-refractivity contribution in [2.45, 2.75) is 136 Å². The second-order valence-electron chi connectivity index (χ2n) is 19.4. The van der Waals surface area contributed by atoms with Crippen LogP contribution >= 0.6 is 0 Å². The summed E-state index contributed by atoms with van der Waals surface area (Å²) in [5.41, 5.74) is 12.0. The number of aliphatic hydroxyl groups is 2. The van der Waals surface area contributed by atoms with Gasteiger partial charge in [-0.05, 0) is 133 Å². The second kappa shape index (κ2) is 12.1. The van der Waals surface area contributed by atoms with E-state index < -0.39 is 34.9 Å². The average molecular weight is 736 g/mol. The number of amides is 1. The Hall–Kier alpha value is -3.30. The lowest BCUT2D eigenvalue weighted by molar-refractivity contribution is -0.144. The van der Waals surface area contributed by atoms with E-state index in [0.717, 1.165) is 65.3 Å². The maximum atomic E-state index is 14.9. The van der Waals surface area contributed by atoms with Gasteiger partial charge in [0, 0.05) is 45.5 Å². The number of ether oxygens (including phenoxy) is 1. The Balaban J connectivity index is 1.28. The molecule has 3 heterocycles. The van der Waals surface area contributed by atoms with Crippen molar-refractivity contribution in [1.29, 1.82) is 0 Å². The predicted molar refractivity (Wildman–Crippen MR) is 214 cm³/mol. The Morgan fingerprint density at radius 1 is 1.11 bits per heavy atom. The summed E-state index contributed by atoms with van der Waals surface area (Å²) in [6.07, 6.45) is 12.0.